The number of rotatable bonds is 0. The van der Waals surface area contributed by atoms with E-state index in [9.17, 15) is 9.59 Å². The molecule has 0 saturated carbocycles. The van der Waals surface area contributed by atoms with E-state index in [4.69, 9.17) is 4.52 Å². The molecule has 0 amide bonds. The largest absolute Gasteiger partial charge is 0.389 e. The summed E-state index contributed by atoms with van der Waals surface area (Å²) in [6.45, 7) is 1.62. The Labute approximate surface area is 67.3 Å². The van der Waals surface area contributed by atoms with Crippen LogP contribution in [0.3, 0.4) is 0 Å². The van der Waals surface area contributed by atoms with E-state index in [-0.39, 0.29) is 12.0 Å². The molecule has 0 bridgehead atoms. The second-order valence-corrected chi connectivity index (χ2v) is 2.50. The van der Waals surface area contributed by atoms with Gasteiger partial charge in [0.15, 0.2) is 5.76 Å². The van der Waals surface area contributed by atoms with Crippen molar-refractivity contribution in [1.29, 1.82) is 0 Å². The van der Waals surface area contributed by atoms with Crippen molar-refractivity contribution >= 4 is 11.9 Å². The molecular formula is C7H5NO4. The van der Waals surface area contributed by atoms with Crippen molar-refractivity contribution in [2.75, 3.05) is 0 Å². The third-order valence-electron chi connectivity index (χ3n) is 1.65. The number of aromatic nitrogens is 1. The van der Waals surface area contributed by atoms with Gasteiger partial charge in [-0.1, -0.05) is 5.16 Å². The fourth-order valence-corrected chi connectivity index (χ4v) is 1.12. The number of hydrogen-bond donors (Lipinski definition) is 0. The van der Waals surface area contributed by atoms with Crippen LogP contribution in [0.4, 0.5) is 0 Å². The van der Waals surface area contributed by atoms with Crippen molar-refractivity contribution < 1.29 is 18.8 Å². The number of nitrogens with zero attached hydrogens (tertiary/aromatic N) is 1. The van der Waals surface area contributed by atoms with Crippen LogP contribution in [0.5, 0.6) is 0 Å². The Hall–Kier alpha value is -1.65. The first-order chi connectivity index (χ1) is 5.68. The van der Waals surface area contributed by atoms with Crippen molar-refractivity contribution in [2.24, 2.45) is 0 Å². The lowest BCUT2D eigenvalue weighted by Crippen LogP contribution is -2.22. The molecule has 0 spiro atoms. The maximum Gasteiger partial charge on any atom is 0.351 e. The Balaban J connectivity index is 2.57. The molecule has 0 fully saturated rings. The van der Waals surface area contributed by atoms with Crippen LogP contribution in [-0.2, 0) is 16.0 Å². The maximum absolute atomic E-state index is 11.0. The molecule has 2 rings (SSSR count). The van der Waals surface area contributed by atoms with Gasteiger partial charge in [0.25, 0.3) is 0 Å². The van der Waals surface area contributed by atoms with Crippen molar-refractivity contribution in [2.45, 2.75) is 13.3 Å². The molecule has 2 heterocycles. The highest BCUT2D eigenvalue weighted by Gasteiger charge is 2.30. The number of carbonyl (C=O) groups excluding carboxylic acids is 2. The average molecular weight is 167 g/mol. The van der Waals surface area contributed by atoms with Crippen molar-refractivity contribution in [3.8, 4) is 0 Å². The van der Waals surface area contributed by atoms with Crippen molar-refractivity contribution in [3.63, 3.8) is 0 Å². The smallest absolute Gasteiger partial charge is 0.351 e. The summed E-state index contributed by atoms with van der Waals surface area (Å²) < 4.78 is 9.13. The molecule has 62 valence electrons. The highest BCUT2D eigenvalue weighted by molar-refractivity contribution is 6.02. The standard InChI is InChI=1S/C7H5NO4/c1-3-6-4(12-8-3)2-5(9)11-7(6)10/h2H2,1H3. The van der Waals surface area contributed by atoms with Crippen LogP contribution in [0, 0.1) is 6.92 Å². The molecule has 0 unspecified atom stereocenters. The predicted molar refractivity (Wildman–Crippen MR) is 35.4 cm³/mol. The van der Waals surface area contributed by atoms with E-state index in [2.05, 4.69) is 9.89 Å². The summed E-state index contributed by atoms with van der Waals surface area (Å²) >= 11 is 0. The molecule has 1 aromatic rings. The highest BCUT2D eigenvalue weighted by Crippen LogP contribution is 2.19. The van der Waals surface area contributed by atoms with Crippen LogP contribution in [0.2, 0.25) is 0 Å². The normalized spacial score (nSPS) is 15.8. The summed E-state index contributed by atoms with van der Waals surface area (Å²) in [5.41, 5.74) is 0.747. The van der Waals surface area contributed by atoms with Gasteiger partial charge in [-0.05, 0) is 6.92 Å². The first kappa shape index (κ1) is 7.02. The molecular weight excluding hydrogens is 162 g/mol. The lowest BCUT2D eigenvalue weighted by atomic mass is 10.1. The highest BCUT2D eigenvalue weighted by atomic mass is 16.6. The van der Waals surface area contributed by atoms with Crippen LogP contribution >= 0.6 is 0 Å². The number of cyclic esters (lactones) is 2. The second-order valence-electron chi connectivity index (χ2n) is 2.50. The van der Waals surface area contributed by atoms with Crippen LogP contribution < -0.4 is 0 Å². The number of ether oxygens (including phenoxy) is 1. The Kier molecular flexibility index (Phi) is 1.27. The SMILES string of the molecule is Cc1noc2c1C(=O)OC(=O)C2. The van der Waals surface area contributed by atoms with Crippen molar-refractivity contribution in [1.82, 2.24) is 5.16 Å². The average Bonchev–Trinajstić information content (AvgIpc) is 2.31. The number of esters is 2. The fourth-order valence-electron chi connectivity index (χ4n) is 1.12. The van der Waals surface area contributed by atoms with Gasteiger partial charge in [0.2, 0.25) is 0 Å². The molecule has 12 heavy (non-hydrogen) atoms. The summed E-state index contributed by atoms with van der Waals surface area (Å²) in [6.07, 6.45) is -0.0120. The molecule has 1 aliphatic rings. The van der Waals surface area contributed by atoms with E-state index in [0.29, 0.717) is 11.5 Å². The second kappa shape index (κ2) is 2.17. The van der Waals surface area contributed by atoms with Gasteiger partial charge >= 0.3 is 11.9 Å². The minimum Gasteiger partial charge on any atom is -0.389 e. The number of hydrogen-bond acceptors (Lipinski definition) is 5. The summed E-state index contributed by atoms with van der Waals surface area (Å²) in [6, 6.07) is 0. The van der Waals surface area contributed by atoms with Gasteiger partial charge in [-0.25, -0.2) is 4.79 Å². The molecule has 0 N–H and O–H groups in total. The van der Waals surface area contributed by atoms with E-state index >= 15 is 0 Å². The Bertz CT molecular complexity index is 365. The van der Waals surface area contributed by atoms with Crippen LogP contribution in [-0.4, -0.2) is 17.1 Å². The molecule has 0 radical (unpaired) electrons. The minimum atomic E-state index is -0.667. The molecule has 0 saturated heterocycles. The van der Waals surface area contributed by atoms with Crippen molar-refractivity contribution in [3.05, 3.63) is 17.0 Å². The number of aryl methyl sites for hydroxylation is 1. The van der Waals surface area contributed by atoms with Gasteiger partial charge < -0.3 is 9.26 Å². The first-order valence-electron chi connectivity index (χ1n) is 3.38. The Morgan fingerprint density at radius 1 is 1.42 bits per heavy atom. The molecule has 5 heteroatoms. The van der Waals surface area contributed by atoms with E-state index in [1.165, 1.54) is 0 Å². The summed E-state index contributed by atoms with van der Waals surface area (Å²) in [5.74, 6) is -0.961. The van der Waals surface area contributed by atoms with Gasteiger partial charge in [0, 0.05) is 0 Å². The van der Waals surface area contributed by atoms with E-state index < -0.39 is 11.9 Å². The molecule has 1 aliphatic heterocycles. The summed E-state index contributed by atoms with van der Waals surface area (Å²) in [7, 11) is 0. The monoisotopic (exact) mass is 167 g/mol. The quantitative estimate of drug-likeness (QED) is 0.408. The fraction of sp³-hybridized carbons (Fsp3) is 0.286. The van der Waals surface area contributed by atoms with Crippen LogP contribution in [0.1, 0.15) is 21.8 Å². The molecule has 0 aliphatic carbocycles. The third kappa shape index (κ3) is 0.827. The summed E-state index contributed by atoms with van der Waals surface area (Å²) in [4.78, 5) is 21.7. The van der Waals surface area contributed by atoms with Gasteiger partial charge in [0.05, 0.1) is 5.69 Å². The van der Waals surface area contributed by atoms with Gasteiger partial charge in [0.1, 0.15) is 12.0 Å². The lowest BCUT2D eigenvalue weighted by molar-refractivity contribution is -0.138. The predicted octanol–water partition coefficient (Wildman–Crippen LogP) is 0.223. The van der Waals surface area contributed by atoms with Gasteiger partial charge in [-0.3, -0.25) is 4.79 Å². The zero-order chi connectivity index (χ0) is 8.72. The molecule has 0 aromatic carbocycles. The van der Waals surface area contributed by atoms with Crippen LogP contribution in [0.25, 0.3) is 0 Å². The number of fused-ring (bicyclic) bond motifs is 1. The lowest BCUT2D eigenvalue weighted by Gasteiger charge is -2.06. The Morgan fingerprint density at radius 3 is 2.92 bits per heavy atom. The van der Waals surface area contributed by atoms with E-state index in [1.54, 1.807) is 6.92 Å². The van der Waals surface area contributed by atoms with Crippen LogP contribution in [0.15, 0.2) is 4.52 Å². The molecule has 5 nitrogen and oxygen atoms in total. The Morgan fingerprint density at radius 2 is 2.17 bits per heavy atom. The zero-order valence-electron chi connectivity index (χ0n) is 6.29. The minimum absolute atomic E-state index is 0.0120. The van der Waals surface area contributed by atoms with Gasteiger partial charge in [-0.15, -0.1) is 0 Å². The topological polar surface area (TPSA) is 69.4 Å². The molecule has 0 atom stereocenters. The summed E-state index contributed by atoms with van der Waals surface area (Å²) in [5, 5.41) is 3.56. The first-order valence-corrected chi connectivity index (χ1v) is 3.38. The maximum atomic E-state index is 11.0. The van der Waals surface area contributed by atoms with Gasteiger partial charge in [-0.2, -0.15) is 0 Å². The zero-order valence-corrected chi connectivity index (χ0v) is 6.29. The third-order valence-corrected chi connectivity index (χ3v) is 1.65. The molecule has 1 aromatic heterocycles. The van der Waals surface area contributed by atoms with E-state index in [1.807, 2.05) is 0 Å². The number of carbonyl (C=O) groups is 2. The van der Waals surface area contributed by atoms with E-state index in [0.717, 1.165) is 0 Å².